The normalized spacial score (nSPS) is 23.5. The summed E-state index contributed by atoms with van der Waals surface area (Å²) in [6, 6.07) is 6.53. The van der Waals surface area contributed by atoms with E-state index in [0.29, 0.717) is 30.0 Å². The van der Waals surface area contributed by atoms with Crippen molar-refractivity contribution in [3.05, 3.63) is 35.0 Å². The lowest BCUT2D eigenvalue weighted by atomic mass is 9.82. The predicted molar refractivity (Wildman–Crippen MR) is 94.8 cm³/mol. The first-order chi connectivity index (χ1) is 10.9. The summed E-state index contributed by atoms with van der Waals surface area (Å²) in [6.45, 7) is 0. The summed E-state index contributed by atoms with van der Waals surface area (Å²) in [5.41, 5.74) is 7.29. The van der Waals surface area contributed by atoms with Crippen LogP contribution in [0.3, 0.4) is 0 Å². The van der Waals surface area contributed by atoms with Gasteiger partial charge in [0.25, 0.3) is 5.91 Å². The average Bonchev–Trinajstić information content (AvgIpc) is 2.92. The summed E-state index contributed by atoms with van der Waals surface area (Å²) < 4.78 is 0. The van der Waals surface area contributed by atoms with Gasteiger partial charge in [-0.1, -0.05) is 11.6 Å². The van der Waals surface area contributed by atoms with Gasteiger partial charge in [-0.25, -0.2) is 0 Å². The van der Waals surface area contributed by atoms with Gasteiger partial charge in [-0.15, -0.1) is 12.4 Å². The Morgan fingerprint density at radius 2 is 2.04 bits per heavy atom. The van der Waals surface area contributed by atoms with Crippen LogP contribution < -0.4 is 11.1 Å². The molecule has 0 aliphatic heterocycles. The van der Waals surface area contributed by atoms with Gasteiger partial charge in [-0.05, 0) is 43.5 Å². The highest BCUT2D eigenvalue weighted by Crippen LogP contribution is 2.25. The van der Waals surface area contributed by atoms with E-state index in [-0.39, 0.29) is 30.4 Å². The molecule has 8 heteroatoms. The Kier molecular flexibility index (Phi) is 5.74. The standard InChI is InChI=1S/C16H18ClN3O3.ClH/c17-10-2-4-12-9(5-10)7-14(19-12)15(21)20-13-3-1-8(16(22)23)6-11(13)18;/h2,4-5,7-8,11,13,19H,1,3,6,18H2,(H,20,21)(H,22,23);1H/t8?,11?,13-;/m1./s1. The van der Waals surface area contributed by atoms with Crippen molar-refractivity contribution < 1.29 is 14.7 Å². The van der Waals surface area contributed by atoms with Crippen molar-refractivity contribution in [2.24, 2.45) is 11.7 Å². The topological polar surface area (TPSA) is 108 Å². The lowest BCUT2D eigenvalue weighted by Crippen LogP contribution is -2.51. The van der Waals surface area contributed by atoms with Crippen LogP contribution in [0, 0.1) is 5.92 Å². The minimum absolute atomic E-state index is 0. The van der Waals surface area contributed by atoms with Crippen LogP contribution in [0.5, 0.6) is 0 Å². The Morgan fingerprint density at radius 1 is 1.29 bits per heavy atom. The molecular weight excluding hydrogens is 353 g/mol. The molecule has 2 aromatic rings. The van der Waals surface area contributed by atoms with Gasteiger partial charge < -0.3 is 21.1 Å². The Hall–Kier alpha value is -1.76. The largest absolute Gasteiger partial charge is 0.481 e. The van der Waals surface area contributed by atoms with Crippen molar-refractivity contribution in [3.8, 4) is 0 Å². The van der Waals surface area contributed by atoms with Crippen LogP contribution in [0.15, 0.2) is 24.3 Å². The number of amides is 1. The third-order valence-corrected chi connectivity index (χ3v) is 4.63. The third kappa shape index (κ3) is 3.83. The molecule has 0 bridgehead atoms. The second kappa shape index (κ2) is 7.42. The third-order valence-electron chi connectivity index (χ3n) is 4.39. The molecule has 1 fully saturated rings. The summed E-state index contributed by atoms with van der Waals surface area (Å²) in [6.07, 6.45) is 1.47. The van der Waals surface area contributed by atoms with Crippen LogP contribution in [-0.4, -0.2) is 34.1 Å². The Balaban J connectivity index is 0.00000208. The number of aliphatic carboxylic acids is 1. The van der Waals surface area contributed by atoms with Gasteiger partial charge in [-0.3, -0.25) is 9.59 Å². The number of carbonyl (C=O) groups is 2. The van der Waals surface area contributed by atoms with Gasteiger partial charge in [0.05, 0.1) is 5.92 Å². The first-order valence-corrected chi connectivity index (χ1v) is 7.89. The van der Waals surface area contributed by atoms with E-state index in [4.69, 9.17) is 22.4 Å². The van der Waals surface area contributed by atoms with E-state index in [1.807, 2.05) is 6.07 Å². The lowest BCUT2D eigenvalue weighted by Gasteiger charge is -2.32. The number of benzene rings is 1. The predicted octanol–water partition coefficient (Wildman–Crippen LogP) is 2.55. The minimum atomic E-state index is -0.822. The van der Waals surface area contributed by atoms with Gasteiger partial charge in [0.15, 0.2) is 0 Å². The molecule has 3 atom stereocenters. The number of hydrogen-bond donors (Lipinski definition) is 4. The number of carbonyl (C=O) groups excluding carboxylic acids is 1. The summed E-state index contributed by atoms with van der Waals surface area (Å²) in [7, 11) is 0. The number of aromatic nitrogens is 1. The smallest absolute Gasteiger partial charge is 0.306 e. The number of carboxylic acid groups (broad SMARTS) is 1. The van der Waals surface area contributed by atoms with E-state index in [2.05, 4.69) is 10.3 Å². The Bertz CT molecular complexity index is 762. The Labute approximate surface area is 150 Å². The number of hydrogen-bond acceptors (Lipinski definition) is 3. The van der Waals surface area contributed by atoms with Crippen molar-refractivity contribution in [2.75, 3.05) is 0 Å². The van der Waals surface area contributed by atoms with Gasteiger partial charge in [0, 0.05) is 28.0 Å². The maximum atomic E-state index is 12.4. The SMILES string of the molecule is Cl.NC1CC(C(=O)O)CC[C@H]1NC(=O)c1cc2cc(Cl)ccc2[nH]1. The van der Waals surface area contributed by atoms with Gasteiger partial charge in [0.1, 0.15) is 5.69 Å². The molecule has 1 aliphatic rings. The monoisotopic (exact) mass is 371 g/mol. The number of aromatic amines is 1. The van der Waals surface area contributed by atoms with Crippen LogP contribution in [0.4, 0.5) is 0 Å². The summed E-state index contributed by atoms with van der Waals surface area (Å²) in [4.78, 5) is 26.4. The molecule has 24 heavy (non-hydrogen) atoms. The number of halogens is 2. The molecule has 1 aromatic carbocycles. The number of carboxylic acids is 1. The van der Waals surface area contributed by atoms with E-state index in [0.717, 1.165) is 10.9 Å². The highest BCUT2D eigenvalue weighted by molar-refractivity contribution is 6.31. The molecule has 1 heterocycles. The van der Waals surface area contributed by atoms with Crippen LogP contribution in [0.2, 0.25) is 5.02 Å². The fraction of sp³-hybridized carbons (Fsp3) is 0.375. The molecule has 0 saturated heterocycles. The van der Waals surface area contributed by atoms with Crippen molar-refractivity contribution in [1.82, 2.24) is 10.3 Å². The second-order valence-corrected chi connectivity index (χ2v) is 6.44. The average molecular weight is 372 g/mol. The molecule has 6 nitrogen and oxygen atoms in total. The van der Waals surface area contributed by atoms with E-state index in [9.17, 15) is 9.59 Å². The molecule has 2 unspecified atom stereocenters. The fourth-order valence-electron chi connectivity index (χ4n) is 3.08. The lowest BCUT2D eigenvalue weighted by molar-refractivity contribution is -0.143. The van der Waals surface area contributed by atoms with Crippen molar-refractivity contribution >= 4 is 46.8 Å². The molecule has 1 saturated carbocycles. The summed E-state index contributed by atoms with van der Waals surface area (Å²) in [5.74, 6) is -1.49. The molecule has 0 radical (unpaired) electrons. The number of fused-ring (bicyclic) bond motifs is 1. The molecular formula is C16H19Cl2N3O3. The van der Waals surface area contributed by atoms with E-state index in [1.54, 1.807) is 18.2 Å². The van der Waals surface area contributed by atoms with E-state index >= 15 is 0 Å². The van der Waals surface area contributed by atoms with Gasteiger partial charge in [0.2, 0.25) is 0 Å². The first-order valence-electron chi connectivity index (χ1n) is 7.51. The van der Waals surface area contributed by atoms with Crippen LogP contribution in [0.25, 0.3) is 10.9 Å². The minimum Gasteiger partial charge on any atom is -0.481 e. The number of nitrogens with two attached hydrogens (primary N) is 1. The van der Waals surface area contributed by atoms with E-state index < -0.39 is 11.9 Å². The highest BCUT2D eigenvalue weighted by Gasteiger charge is 2.32. The van der Waals surface area contributed by atoms with Crippen LogP contribution in [-0.2, 0) is 4.79 Å². The molecule has 5 N–H and O–H groups in total. The zero-order valence-corrected chi connectivity index (χ0v) is 14.4. The Morgan fingerprint density at radius 3 is 2.71 bits per heavy atom. The van der Waals surface area contributed by atoms with Crippen molar-refractivity contribution in [2.45, 2.75) is 31.3 Å². The first kappa shape index (κ1) is 18.6. The molecule has 1 amide bonds. The number of rotatable bonds is 3. The van der Waals surface area contributed by atoms with E-state index in [1.165, 1.54) is 0 Å². The molecule has 0 spiro atoms. The molecule has 130 valence electrons. The molecule has 1 aromatic heterocycles. The number of nitrogens with one attached hydrogen (secondary N) is 2. The van der Waals surface area contributed by atoms with Crippen molar-refractivity contribution in [3.63, 3.8) is 0 Å². The van der Waals surface area contributed by atoms with Crippen molar-refractivity contribution in [1.29, 1.82) is 0 Å². The van der Waals surface area contributed by atoms with Gasteiger partial charge >= 0.3 is 5.97 Å². The van der Waals surface area contributed by atoms with Crippen LogP contribution in [0.1, 0.15) is 29.8 Å². The zero-order valence-electron chi connectivity index (χ0n) is 12.8. The quantitative estimate of drug-likeness (QED) is 0.664. The maximum Gasteiger partial charge on any atom is 0.306 e. The summed E-state index contributed by atoms with van der Waals surface area (Å²) in [5, 5.41) is 13.4. The number of H-pyrrole nitrogens is 1. The second-order valence-electron chi connectivity index (χ2n) is 6.01. The summed E-state index contributed by atoms with van der Waals surface area (Å²) >= 11 is 5.94. The molecule has 3 rings (SSSR count). The van der Waals surface area contributed by atoms with Gasteiger partial charge in [-0.2, -0.15) is 0 Å². The van der Waals surface area contributed by atoms with Crippen LogP contribution >= 0.6 is 24.0 Å². The maximum absolute atomic E-state index is 12.4. The zero-order chi connectivity index (χ0) is 16.6. The molecule has 1 aliphatic carbocycles. The fourth-order valence-corrected chi connectivity index (χ4v) is 3.26. The highest BCUT2D eigenvalue weighted by atomic mass is 35.5.